The van der Waals surface area contributed by atoms with Gasteiger partial charge in [-0.15, -0.1) is 0 Å². The van der Waals surface area contributed by atoms with Crippen LogP contribution in [0, 0.1) is 0 Å². The third kappa shape index (κ3) is 4.42. The minimum atomic E-state index is -0.381. The SMILES string of the molecule is C=C(C)C(=O)OCCCc1nc2ccc(C(=O)OCC)cc2[nH]1. The van der Waals surface area contributed by atoms with Gasteiger partial charge >= 0.3 is 11.9 Å². The number of carbonyl (C=O) groups excluding carboxylic acids is 2. The number of hydrogen-bond acceptors (Lipinski definition) is 5. The van der Waals surface area contributed by atoms with Gasteiger partial charge < -0.3 is 14.5 Å². The summed E-state index contributed by atoms with van der Waals surface area (Å²) >= 11 is 0. The third-order valence-electron chi connectivity index (χ3n) is 3.18. The molecule has 6 nitrogen and oxygen atoms in total. The number of aromatic nitrogens is 2. The molecule has 0 aliphatic carbocycles. The number of rotatable bonds is 7. The summed E-state index contributed by atoms with van der Waals surface area (Å²) < 4.78 is 10.0. The Balaban J connectivity index is 1.96. The van der Waals surface area contributed by atoms with E-state index in [-0.39, 0.29) is 11.9 Å². The first kappa shape index (κ1) is 16.7. The number of carbonyl (C=O) groups is 2. The first-order valence-electron chi connectivity index (χ1n) is 7.49. The van der Waals surface area contributed by atoms with E-state index in [9.17, 15) is 9.59 Å². The summed E-state index contributed by atoms with van der Waals surface area (Å²) in [4.78, 5) is 30.6. The Morgan fingerprint density at radius 1 is 1.30 bits per heavy atom. The zero-order valence-corrected chi connectivity index (χ0v) is 13.3. The normalized spacial score (nSPS) is 10.5. The molecule has 2 aromatic rings. The van der Waals surface area contributed by atoms with Crippen LogP contribution in [0.15, 0.2) is 30.4 Å². The molecule has 1 aromatic heterocycles. The first-order valence-corrected chi connectivity index (χ1v) is 7.49. The first-order chi connectivity index (χ1) is 11.0. The van der Waals surface area contributed by atoms with E-state index < -0.39 is 0 Å². The van der Waals surface area contributed by atoms with Gasteiger partial charge in [-0.25, -0.2) is 14.6 Å². The van der Waals surface area contributed by atoms with Crippen LogP contribution in [0.3, 0.4) is 0 Å². The van der Waals surface area contributed by atoms with E-state index in [1.165, 1.54) is 0 Å². The van der Waals surface area contributed by atoms with Crippen LogP contribution in [0.25, 0.3) is 11.0 Å². The number of esters is 2. The number of imidazole rings is 1. The second kappa shape index (κ2) is 7.58. The Morgan fingerprint density at radius 3 is 2.78 bits per heavy atom. The second-order valence-corrected chi connectivity index (χ2v) is 5.16. The summed E-state index contributed by atoms with van der Waals surface area (Å²) in [6, 6.07) is 5.20. The van der Waals surface area contributed by atoms with E-state index in [4.69, 9.17) is 9.47 Å². The van der Waals surface area contributed by atoms with Gasteiger partial charge in [-0.2, -0.15) is 0 Å². The van der Waals surface area contributed by atoms with Crippen molar-refractivity contribution in [2.45, 2.75) is 26.7 Å². The van der Waals surface area contributed by atoms with Gasteiger partial charge in [0.1, 0.15) is 5.82 Å². The number of nitrogens with zero attached hydrogens (tertiary/aromatic N) is 1. The molecule has 0 atom stereocenters. The lowest BCUT2D eigenvalue weighted by Gasteiger charge is -2.02. The van der Waals surface area contributed by atoms with Crippen LogP contribution in [-0.2, 0) is 20.7 Å². The van der Waals surface area contributed by atoms with E-state index in [2.05, 4.69) is 16.5 Å². The summed E-state index contributed by atoms with van der Waals surface area (Å²) in [5.41, 5.74) is 2.45. The smallest absolute Gasteiger partial charge is 0.338 e. The highest BCUT2D eigenvalue weighted by atomic mass is 16.5. The highest BCUT2D eigenvalue weighted by molar-refractivity contribution is 5.93. The molecule has 0 saturated heterocycles. The number of benzene rings is 1. The van der Waals surface area contributed by atoms with Crippen molar-refractivity contribution in [1.29, 1.82) is 0 Å². The van der Waals surface area contributed by atoms with Crippen molar-refractivity contribution in [3.63, 3.8) is 0 Å². The molecule has 1 heterocycles. The highest BCUT2D eigenvalue weighted by Crippen LogP contribution is 2.15. The summed E-state index contributed by atoms with van der Waals surface area (Å²) in [5, 5.41) is 0. The highest BCUT2D eigenvalue weighted by Gasteiger charge is 2.10. The largest absolute Gasteiger partial charge is 0.462 e. The quantitative estimate of drug-likeness (QED) is 0.482. The predicted octanol–water partition coefficient (Wildman–Crippen LogP) is 2.79. The van der Waals surface area contributed by atoms with Crippen LogP contribution >= 0.6 is 0 Å². The molecule has 2 rings (SSSR count). The average molecular weight is 316 g/mol. The van der Waals surface area contributed by atoms with Crippen molar-refractivity contribution in [3.05, 3.63) is 41.7 Å². The lowest BCUT2D eigenvalue weighted by molar-refractivity contribution is -0.139. The zero-order valence-electron chi connectivity index (χ0n) is 13.3. The fourth-order valence-corrected chi connectivity index (χ4v) is 2.05. The number of nitrogens with one attached hydrogen (secondary N) is 1. The van der Waals surface area contributed by atoms with Gasteiger partial charge in [0.05, 0.1) is 29.8 Å². The molecule has 0 aliphatic rings. The number of ether oxygens (including phenoxy) is 2. The molecule has 0 aliphatic heterocycles. The maximum atomic E-state index is 11.7. The van der Waals surface area contributed by atoms with Crippen molar-refractivity contribution >= 4 is 23.0 Å². The predicted molar refractivity (Wildman–Crippen MR) is 86.1 cm³/mol. The van der Waals surface area contributed by atoms with Gasteiger partial charge in [0, 0.05) is 12.0 Å². The van der Waals surface area contributed by atoms with Gasteiger partial charge in [-0.3, -0.25) is 0 Å². The van der Waals surface area contributed by atoms with E-state index in [1.54, 1.807) is 32.0 Å². The lowest BCUT2D eigenvalue weighted by atomic mass is 10.2. The third-order valence-corrected chi connectivity index (χ3v) is 3.18. The fraction of sp³-hybridized carbons (Fsp3) is 0.353. The van der Waals surface area contributed by atoms with E-state index in [0.29, 0.717) is 37.2 Å². The maximum absolute atomic E-state index is 11.7. The molecule has 1 N–H and O–H groups in total. The monoisotopic (exact) mass is 316 g/mol. The van der Waals surface area contributed by atoms with Crippen LogP contribution < -0.4 is 0 Å². The minimum Gasteiger partial charge on any atom is -0.462 e. The Bertz CT molecular complexity index is 733. The molecular formula is C17H20N2O4. The van der Waals surface area contributed by atoms with Gasteiger partial charge in [0.15, 0.2) is 0 Å². The van der Waals surface area contributed by atoms with Crippen LogP contribution in [0.1, 0.15) is 36.5 Å². The van der Waals surface area contributed by atoms with Crippen molar-refractivity contribution in [1.82, 2.24) is 9.97 Å². The molecule has 23 heavy (non-hydrogen) atoms. The van der Waals surface area contributed by atoms with Gasteiger partial charge in [-0.1, -0.05) is 6.58 Å². The van der Waals surface area contributed by atoms with Crippen LogP contribution in [0.5, 0.6) is 0 Å². The molecule has 0 fully saturated rings. The lowest BCUT2D eigenvalue weighted by Crippen LogP contribution is -2.07. The number of fused-ring (bicyclic) bond motifs is 1. The second-order valence-electron chi connectivity index (χ2n) is 5.16. The molecule has 0 bridgehead atoms. The van der Waals surface area contributed by atoms with Crippen molar-refractivity contribution in [2.24, 2.45) is 0 Å². The number of H-pyrrole nitrogens is 1. The van der Waals surface area contributed by atoms with Gasteiger partial charge in [-0.05, 0) is 38.5 Å². The number of hydrogen-bond donors (Lipinski definition) is 1. The average Bonchev–Trinajstić information content (AvgIpc) is 2.93. The topological polar surface area (TPSA) is 81.3 Å². The molecule has 0 spiro atoms. The summed E-state index contributed by atoms with van der Waals surface area (Å²) in [5.74, 6) is 0.0540. The molecule has 0 unspecified atom stereocenters. The fourth-order valence-electron chi connectivity index (χ4n) is 2.05. The Kier molecular flexibility index (Phi) is 5.51. The van der Waals surface area contributed by atoms with Crippen LogP contribution in [0.4, 0.5) is 0 Å². The van der Waals surface area contributed by atoms with E-state index >= 15 is 0 Å². The molecule has 6 heteroatoms. The minimum absolute atomic E-state index is 0.316. The Labute approximate surface area is 134 Å². The Hall–Kier alpha value is -2.63. The molecular weight excluding hydrogens is 296 g/mol. The standard InChI is InChI=1S/C17H20N2O4/c1-4-22-17(21)12-7-8-13-14(10-12)19-15(18-13)6-5-9-23-16(20)11(2)3/h7-8,10H,2,4-6,9H2,1,3H3,(H,18,19). The van der Waals surface area contributed by atoms with Crippen molar-refractivity contribution in [2.75, 3.05) is 13.2 Å². The molecule has 1 aromatic carbocycles. The Morgan fingerprint density at radius 2 is 2.09 bits per heavy atom. The van der Waals surface area contributed by atoms with Gasteiger partial charge in [0.2, 0.25) is 0 Å². The number of aromatic amines is 1. The zero-order chi connectivity index (χ0) is 16.8. The molecule has 122 valence electrons. The van der Waals surface area contributed by atoms with Crippen molar-refractivity contribution < 1.29 is 19.1 Å². The van der Waals surface area contributed by atoms with E-state index in [0.717, 1.165) is 16.9 Å². The number of aryl methyl sites for hydroxylation is 1. The van der Waals surface area contributed by atoms with Crippen LogP contribution in [-0.4, -0.2) is 35.1 Å². The van der Waals surface area contributed by atoms with E-state index in [1.807, 2.05) is 0 Å². The van der Waals surface area contributed by atoms with Gasteiger partial charge in [0.25, 0.3) is 0 Å². The summed E-state index contributed by atoms with van der Waals surface area (Å²) in [7, 11) is 0. The summed E-state index contributed by atoms with van der Waals surface area (Å²) in [6.07, 6.45) is 1.30. The molecule has 0 saturated carbocycles. The van der Waals surface area contributed by atoms with Crippen molar-refractivity contribution in [3.8, 4) is 0 Å². The van der Waals surface area contributed by atoms with Crippen LogP contribution in [0.2, 0.25) is 0 Å². The molecule has 0 amide bonds. The molecule has 0 radical (unpaired) electrons. The summed E-state index contributed by atoms with van der Waals surface area (Å²) in [6.45, 7) is 7.57. The maximum Gasteiger partial charge on any atom is 0.338 e.